The summed E-state index contributed by atoms with van der Waals surface area (Å²) in [6, 6.07) is 6.22. The third-order valence-electron chi connectivity index (χ3n) is 3.26. The summed E-state index contributed by atoms with van der Waals surface area (Å²) in [6.45, 7) is 0.729. The van der Waals surface area contributed by atoms with Crippen LogP contribution < -0.4 is 5.32 Å². The van der Waals surface area contributed by atoms with Crippen LogP contribution in [0.2, 0.25) is 0 Å². The third-order valence-corrected chi connectivity index (χ3v) is 5.60. The largest absolute Gasteiger partial charge is 0.349 e. The molecule has 0 aliphatic rings. The van der Waals surface area contributed by atoms with E-state index in [1.54, 1.807) is 40.2 Å². The zero-order valence-corrected chi connectivity index (χ0v) is 14.4. The maximum absolute atomic E-state index is 4.71. The van der Waals surface area contributed by atoms with Crippen LogP contribution in [0.25, 0.3) is 21.8 Å². The first kappa shape index (κ1) is 14.5. The molecule has 0 spiro atoms. The number of hydrogen-bond acceptors (Lipinski definition) is 7. The highest BCUT2D eigenvalue weighted by molar-refractivity contribution is 7.13. The van der Waals surface area contributed by atoms with E-state index >= 15 is 0 Å². The molecule has 4 aromatic heterocycles. The lowest BCUT2D eigenvalue weighted by molar-refractivity contribution is 1.07. The van der Waals surface area contributed by atoms with Gasteiger partial charge < -0.3 is 5.32 Å². The van der Waals surface area contributed by atoms with E-state index in [1.807, 2.05) is 17.6 Å². The molecule has 0 atom stereocenters. The average Bonchev–Trinajstić information content (AvgIpc) is 3.36. The molecule has 0 bridgehead atoms. The van der Waals surface area contributed by atoms with Crippen molar-refractivity contribution in [2.75, 3.05) is 5.32 Å². The SMILES string of the molecule is c1csc(CNc2ncc(-c3ccsc3)c(-c3nccs3)n2)c1. The first-order chi connectivity index (χ1) is 11.4. The van der Waals surface area contributed by atoms with E-state index in [2.05, 4.69) is 43.6 Å². The topological polar surface area (TPSA) is 50.7 Å². The van der Waals surface area contributed by atoms with Crippen molar-refractivity contribution in [3.05, 3.63) is 57.0 Å². The summed E-state index contributed by atoms with van der Waals surface area (Å²) in [5.74, 6) is 0.627. The van der Waals surface area contributed by atoms with E-state index in [0.29, 0.717) is 5.95 Å². The number of thiophene rings is 2. The molecular formula is C16H12N4S3. The number of aromatic nitrogens is 3. The molecule has 0 fully saturated rings. The highest BCUT2D eigenvalue weighted by atomic mass is 32.1. The van der Waals surface area contributed by atoms with Gasteiger partial charge in [-0.3, -0.25) is 0 Å². The van der Waals surface area contributed by atoms with Gasteiger partial charge in [-0.25, -0.2) is 15.0 Å². The second-order valence-electron chi connectivity index (χ2n) is 4.74. The molecule has 0 aliphatic carbocycles. The quantitative estimate of drug-likeness (QED) is 0.546. The van der Waals surface area contributed by atoms with Crippen molar-refractivity contribution in [1.82, 2.24) is 15.0 Å². The molecule has 0 aliphatic heterocycles. The Morgan fingerprint density at radius 1 is 1.04 bits per heavy atom. The van der Waals surface area contributed by atoms with E-state index < -0.39 is 0 Å². The van der Waals surface area contributed by atoms with Crippen molar-refractivity contribution in [1.29, 1.82) is 0 Å². The van der Waals surface area contributed by atoms with Crippen LogP contribution in [0.3, 0.4) is 0 Å². The Hall–Kier alpha value is -2.09. The van der Waals surface area contributed by atoms with Gasteiger partial charge in [0, 0.05) is 28.2 Å². The van der Waals surface area contributed by atoms with Gasteiger partial charge in [-0.1, -0.05) is 6.07 Å². The Bertz CT molecular complexity index is 868. The summed E-state index contributed by atoms with van der Waals surface area (Å²) >= 11 is 4.97. The predicted molar refractivity (Wildman–Crippen MR) is 98.1 cm³/mol. The van der Waals surface area contributed by atoms with Crippen LogP contribution >= 0.6 is 34.0 Å². The molecular weight excluding hydrogens is 344 g/mol. The zero-order valence-electron chi connectivity index (χ0n) is 12.0. The molecule has 4 nitrogen and oxygen atoms in total. The van der Waals surface area contributed by atoms with Crippen LogP contribution in [0, 0.1) is 0 Å². The molecule has 4 aromatic rings. The first-order valence-corrected chi connectivity index (χ1v) is 9.66. The summed E-state index contributed by atoms with van der Waals surface area (Å²) in [5, 5.41) is 12.4. The highest BCUT2D eigenvalue weighted by Gasteiger charge is 2.14. The van der Waals surface area contributed by atoms with Crippen molar-refractivity contribution in [2.45, 2.75) is 6.54 Å². The highest BCUT2D eigenvalue weighted by Crippen LogP contribution is 2.33. The molecule has 0 unspecified atom stereocenters. The summed E-state index contributed by atoms with van der Waals surface area (Å²) in [7, 11) is 0. The molecule has 0 radical (unpaired) electrons. The van der Waals surface area contributed by atoms with E-state index in [-0.39, 0.29) is 0 Å². The predicted octanol–water partition coefficient (Wildman–Crippen LogP) is 5.00. The van der Waals surface area contributed by atoms with Crippen molar-refractivity contribution in [3.8, 4) is 21.8 Å². The molecule has 114 valence electrons. The van der Waals surface area contributed by atoms with Gasteiger partial charge in [-0.2, -0.15) is 11.3 Å². The van der Waals surface area contributed by atoms with Gasteiger partial charge in [-0.05, 0) is 33.8 Å². The van der Waals surface area contributed by atoms with E-state index in [1.165, 1.54) is 4.88 Å². The number of thiazole rings is 1. The third kappa shape index (κ3) is 3.17. The molecule has 4 rings (SSSR count). The van der Waals surface area contributed by atoms with Gasteiger partial charge in [-0.15, -0.1) is 22.7 Å². The molecule has 1 N–H and O–H groups in total. The summed E-state index contributed by atoms with van der Waals surface area (Å²) in [6.07, 6.45) is 3.68. The van der Waals surface area contributed by atoms with Gasteiger partial charge in [0.1, 0.15) is 10.7 Å². The van der Waals surface area contributed by atoms with E-state index in [0.717, 1.165) is 28.4 Å². The van der Waals surface area contributed by atoms with Crippen LogP contribution in [-0.4, -0.2) is 15.0 Å². The molecule has 0 aromatic carbocycles. The van der Waals surface area contributed by atoms with E-state index in [4.69, 9.17) is 4.98 Å². The fourth-order valence-electron chi connectivity index (χ4n) is 2.18. The van der Waals surface area contributed by atoms with Gasteiger partial charge in [0.2, 0.25) is 5.95 Å². The lowest BCUT2D eigenvalue weighted by atomic mass is 10.1. The lowest BCUT2D eigenvalue weighted by Gasteiger charge is -2.08. The van der Waals surface area contributed by atoms with Gasteiger partial charge in [0.15, 0.2) is 0 Å². The first-order valence-electron chi connectivity index (χ1n) is 6.96. The van der Waals surface area contributed by atoms with Crippen molar-refractivity contribution >= 4 is 40.0 Å². The Labute approximate surface area is 145 Å². The number of rotatable bonds is 5. The lowest BCUT2D eigenvalue weighted by Crippen LogP contribution is -2.03. The minimum atomic E-state index is 0.627. The van der Waals surface area contributed by atoms with Crippen LogP contribution in [0.4, 0.5) is 5.95 Å². The van der Waals surface area contributed by atoms with E-state index in [9.17, 15) is 0 Å². The maximum atomic E-state index is 4.71. The Kier molecular flexibility index (Phi) is 4.14. The molecule has 4 heterocycles. The second-order valence-corrected chi connectivity index (χ2v) is 7.44. The van der Waals surface area contributed by atoms with Crippen LogP contribution in [0.1, 0.15) is 4.88 Å². The van der Waals surface area contributed by atoms with Gasteiger partial charge in [0.05, 0.1) is 6.54 Å². The Morgan fingerprint density at radius 2 is 2.04 bits per heavy atom. The smallest absolute Gasteiger partial charge is 0.223 e. The summed E-state index contributed by atoms with van der Waals surface area (Å²) in [5.41, 5.74) is 3.02. The number of hydrogen-bond donors (Lipinski definition) is 1. The number of nitrogens with one attached hydrogen (secondary N) is 1. The van der Waals surface area contributed by atoms with Crippen molar-refractivity contribution in [3.63, 3.8) is 0 Å². The fourth-order valence-corrected chi connectivity index (χ4v) is 4.12. The minimum absolute atomic E-state index is 0.627. The zero-order chi connectivity index (χ0) is 15.5. The van der Waals surface area contributed by atoms with Gasteiger partial charge >= 0.3 is 0 Å². The molecule has 23 heavy (non-hydrogen) atoms. The Balaban J connectivity index is 1.69. The van der Waals surface area contributed by atoms with Crippen molar-refractivity contribution < 1.29 is 0 Å². The molecule has 0 saturated heterocycles. The number of anilines is 1. The monoisotopic (exact) mass is 356 g/mol. The Morgan fingerprint density at radius 3 is 2.78 bits per heavy atom. The molecule has 0 amide bonds. The standard InChI is InChI=1S/C16H12N4S3/c1-2-12(22-5-1)8-18-16-19-9-13(11-3-6-21-10-11)14(20-16)15-17-4-7-23-15/h1-7,9-10H,8H2,(H,18,19,20). The molecule has 7 heteroatoms. The second kappa shape index (κ2) is 6.57. The van der Waals surface area contributed by atoms with Crippen LogP contribution in [-0.2, 0) is 6.54 Å². The maximum Gasteiger partial charge on any atom is 0.223 e. The molecule has 0 saturated carbocycles. The normalized spacial score (nSPS) is 10.8. The van der Waals surface area contributed by atoms with Crippen LogP contribution in [0.5, 0.6) is 0 Å². The minimum Gasteiger partial charge on any atom is -0.349 e. The summed E-state index contributed by atoms with van der Waals surface area (Å²) < 4.78 is 0. The average molecular weight is 357 g/mol. The summed E-state index contributed by atoms with van der Waals surface area (Å²) in [4.78, 5) is 14.8. The van der Waals surface area contributed by atoms with Gasteiger partial charge in [0.25, 0.3) is 0 Å². The van der Waals surface area contributed by atoms with Crippen LogP contribution in [0.15, 0.2) is 52.1 Å². The fraction of sp³-hybridized carbons (Fsp3) is 0.0625. The number of nitrogens with zero attached hydrogens (tertiary/aromatic N) is 3. The van der Waals surface area contributed by atoms with Crippen molar-refractivity contribution in [2.24, 2.45) is 0 Å².